The lowest BCUT2D eigenvalue weighted by atomic mass is 9.99. The minimum absolute atomic E-state index is 0. The van der Waals surface area contributed by atoms with E-state index in [0.29, 0.717) is 5.92 Å². The van der Waals surface area contributed by atoms with Crippen molar-refractivity contribution in [1.29, 1.82) is 0 Å². The summed E-state index contributed by atoms with van der Waals surface area (Å²) in [5.41, 5.74) is 8.29. The van der Waals surface area contributed by atoms with Crippen molar-refractivity contribution in [3.8, 4) is 0 Å². The van der Waals surface area contributed by atoms with Gasteiger partial charge in [0, 0.05) is 12.6 Å². The van der Waals surface area contributed by atoms with E-state index in [1.165, 1.54) is 17.7 Å². The van der Waals surface area contributed by atoms with Gasteiger partial charge in [-0.3, -0.25) is 4.79 Å². The summed E-state index contributed by atoms with van der Waals surface area (Å²) in [7, 11) is 0. The molecule has 0 spiro atoms. The standard InChI is InChI=1S/C18H21FN2O.ClH/c1-12(2)13-7-9-14(10-8-13)17(20)11-21-18(22)15-5-3-4-6-16(15)19;/h3-10,12,17H,11,20H2,1-2H3,(H,21,22);1H. The molecular weight excluding hydrogens is 315 g/mol. The van der Waals surface area contributed by atoms with Crippen LogP contribution >= 0.6 is 12.4 Å². The zero-order chi connectivity index (χ0) is 16.1. The Morgan fingerprint density at radius 3 is 2.22 bits per heavy atom. The van der Waals surface area contributed by atoms with Crippen LogP contribution in [0.4, 0.5) is 4.39 Å². The fourth-order valence-corrected chi connectivity index (χ4v) is 2.19. The number of nitrogens with two attached hydrogens (primary N) is 1. The first-order chi connectivity index (χ1) is 10.5. The Kier molecular flexibility index (Phi) is 7.20. The smallest absolute Gasteiger partial charge is 0.254 e. The predicted octanol–water partition coefficient (Wildman–Crippen LogP) is 3.80. The number of benzene rings is 2. The van der Waals surface area contributed by atoms with E-state index < -0.39 is 11.7 Å². The maximum absolute atomic E-state index is 13.5. The third-order valence-electron chi connectivity index (χ3n) is 3.63. The van der Waals surface area contributed by atoms with E-state index >= 15 is 0 Å². The molecule has 23 heavy (non-hydrogen) atoms. The monoisotopic (exact) mass is 336 g/mol. The van der Waals surface area contributed by atoms with Gasteiger partial charge in [-0.2, -0.15) is 0 Å². The zero-order valence-electron chi connectivity index (χ0n) is 13.3. The van der Waals surface area contributed by atoms with Crippen LogP contribution in [0, 0.1) is 5.82 Å². The molecule has 1 amide bonds. The molecule has 1 unspecified atom stereocenters. The average Bonchev–Trinajstić information content (AvgIpc) is 2.52. The summed E-state index contributed by atoms with van der Waals surface area (Å²) in [4.78, 5) is 11.9. The Balaban J connectivity index is 0.00000264. The molecular formula is C18H22ClFN2O. The lowest BCUT2D eigenvalue weighted by molar-refractivity contribution is 0.0947. The molecule has 2 rings (SSSR count). The highest BCUT2D eigenvalue weighted by Crippen LogP contribution is 2.17. The van der Waals surface area contributed by atoms with Gasteiger partial charge in [0.25, 0.3) is 5.91 Å². The number of carbonyl (C=O) groups excluding carboxylic acids is 1. The second-order valence-corrected chi connectivity index (χ2v) is 5.62. The molecule has 1 atom stereocenters. The highest BCUT2D eigenvalue weighted by molar-refractivity contribution is 5.94. The van der Waals surface area contributed by atoms with Crippen LogP contribution in [0.2, 0.25) is 0 Å². The van der Waals surface area contributed by atoms with Crippen molar-refractivity contribution in [2.75, 3.05) is 6.54 Å². The molecule has 0 aliphatic carbocycles. The van der Waals surface area contributed by atoms with Crippen molar-refractivity contribution in [2.24, 2.45) is 5.73 Å². The number of rotatable bonds is 5. The minimum atomic E-state index is -0.533. The molecule has 0 saturated carbocycles. The maximum atomic E-state index is 13.5. The lowest BCUT2D eigenvalue weighted by Crippen LogP contribution is -2.32. The normalized spacial score (nSPS) is 11.7. The van der Waals surface area contributed by atoms with Crippen molar-refractivity contribution >= 4 is 18.3 Å². The van der Waals surface area contributed by atoms with Crippen LogP contribution in [0.1, 0.15) is 47.3 Å². The Morgan fingerprint density at radius 1 is 1.09 bits per heavy atom. The summed E-state index contributed by atoms with van der Waals surface area (Å²) in [5, 5.41) is 2.67. The van der Waals surface area contributed by atoms with Gasteiger partial charge in [-0.15, -0.1) is 12.4 Å². The highest BCUT2D eigenvalue weighted by Gasteiger charge is 2.13. The van der Waals surface area contributed by atoms with E-state index in [-0.39, 0.29) is 30.6 Å². The Labute approximate surface area is 142 Å². The molecule has 2 aromatic carbocycles. The van der Waals surface area contributed by atoms with Gasteiger partial charge in [0.2, 0.25) is 0 Å². The fraction of sp³-hybridized carbons (Fsp3) is 0.278. The number of amides is 1. The van der Waals surface area contributed by atoms with E-state index in [1.54, 1.807) is 12.1 Å². The van der Waals surface area contributed by atoms with E-state index in [1.807, 2.05) is 24.3 Å². The molecule has 0 saturated heterocycles. The van der Waals surface area contributed by atoms with E-state index in [9.17, 15) is 9.18 Å². The van der Waals surface area contributed by atoms with Gasteiger partial charge in [0.1, 0.15) is 5.82 Å². The topological polar surface area (TPSA) is 55.1 Å². The first-order valence-electron chi connectivity index (χ1n) is 7.37. The van der Waals surface area contributed by atoms with Gasteiger partial charge in [-0.05, 0) is 29.2 Å². The average molecular weight is 337 g/mol. The molecule has 0 bridgehead atoms. The molecule has 0 fully saturated rings. The summed E-state index contributed by atoms with van der Waals surface area (Å²) in [6.07, 6.45) is 0. The zero-order valence-corrected chi connectivity index (χ0v) is 14.1. The van der Waals surface area contributed by atoms with Gasteiger partial charge in [-0.1, -0.05) is 50.2 Å². The second-order valence-electron chi connectivity index (χ2n) is 5.62. The van der Waals surface area contributed by atoms with Gasteiger partial charge < -0.3 is 11.1 Å². The first-order valence-corrected chi connectivity index (χ1v) is 7.37. The molecule has 2 aromatic rings. The fourth-order valence-electron chi connectivity index (χ4n) is 2.19. The number of hydrogen-bond acceptors (Lipinski definition) is 2. The summed E-state index contributed by atoms with van der Waals surface area (Å²) in [5.74, 6) is -0.520. The summed E-state index contributed by atoms with van der Waals surface area (Å²) >= 11 is 0. The van der Waals surface area contributed by atoms with Gasteiger partial charge in [0.05, 0.1) is 5.56 Å². The Hall–Kier alpha value is -1.91. The summed E-state index contributed by atoms with van der Waals surface area (Å²) in [6, 6.07) is 13.6. The minimum Gasteiger partial charge on any atom is -0.350 e. The molecule has 5 heteroatoms. The number of hydrogen-bond donors (Lipinski definition) is 2. The van der Waals surface area contributed by atoms with Crippen LogP contribution in [0.25, 0.3) is 0 Å². The quantitative estimate of drug-likeness (QED) is 0.872. The van der Waals surface area contributed by atoms with Crippen LogP contribution in [0.15, 0.2) is 48.5 Å². The summed E-state index contributed by atoms with van der Waals surface area (Å²) < 4.78 is 13.5. The molecule has 3 N–H and O–H groups in total. The van der Waals surface area contributed by atoms with Crippen molar-refractivity contribution in [1.82, 2.24) is 5.32 Å². The van der Waals surface area contributed by atoms with Crippen LogP contribution in [0.3, 0.4) is 0 Å². The van der Waals surface area contributed by atoms with Crippen molar-refractivity contribution < 1.29 is 9.18 Å². The molecule has 0 aliphatic heterocycles. The van der Waals surface area contributed by atoms with Crippen LogP contribution in [-0.2, 0) is 0 Å². The molecule has 0 heterocycles. The molecule has 3 nitrogen and oxygen atoms in total. The third-order valence-corrected chi connectivity index (χ3v) is 3.63. The number of carbonyl (C=O) groups is 1. The van der Waals surface area contributed by atoms with Crippen molar-refractivity contribution in [3.05, 3.63) is 71.0 Å². The van der Waals surface area contributed by atoms with Gasteiger partial charge in [-0.25, -0.2) is 4.39 Å². The number of nitrogens with one attached hydrogen (secondary N) is 1. The SMILES string of the molecule is CC(C)c1ccc(C(N)CNC(=O)c2ccccc2F)cc1.Cl. The van der Waals surface area contributed by atoms with Crippen LogP contribution < -0.4 is 11.1 Å². The van der Waals surface area contributed by atoms with E-state index in [4.69, 9.17) is 5.73 Å². The van der Waals surface area contributed by atoms with E-state index in [2.05, 4.69) is 19.2 Å². The Morgan fingerprint density at radius 2 is 1.65 bits per heavy atom. The van der Waals surface area contributed by atoms with Crippen LogP contribution in [0.5, 0.6) is 0 Å². The highest BCUT2D eigenvalue weighted by atomic mass is 35.5. The third kappa shape index (κ3) is 5.05. The van der Waals surface area contributed by atoms with Crippen LogP contribution in [-0.4, -0.2) is 12.5 Å². The van der Waals surface area contributed by atoms with Crippen molar-refractivity contribution in [3.63, 3.8) is 0 Å². The predicted molar refractivity (Wildman–Crippen MR) is 93.4 cm³/mol. The summed E-state index contributed by atoms with van der Waals surface area (Å²) in [6.45, 7) is 4.52. The molecule has 0 aromatic heterocycles. The lowest BCUT2D eigenvalue weighted by Gasteiger charge is -2.15. The largest absolute Gasteiger partial charge is 0.350 e. The van der Waals surface area contributed by atoms with Crippen molar-refractivity contribution in [2.45, 2.75) is 25.8 Å². The van der Waals surface area contributed by atoms with Gasteiger partial charge >= 0.3 is 0 Å². The second kappa shape index (κ2) is 8.65. The Bertz CT molecular complexity index is 644. The first kappa shape index (κ1) is 19.1. The van der Waals surface area contributed by atoms with Gasteiger partial charge in [0.15, 0.2) is 0 Å². The van der Waals surface area contributed by atoms with E-state index in [0.717, 1.165) is 5.56 Å². The molecule has 0 radical (unpaired) electrons. The maximum Gasteiger partial charge on any atom is 0.254 e. The molecule has 0 aliphatic rings. The molecule has 124 valence electrons. The number of halogens is 2.